The molecule has 0 radical (unpaired) electrons. The second-order valence-corrected chi connectivity index (χ2v) is 6.37. The highest BCUT2D eigenvalue weighted by molar-refractivity contribution is 5.85. The molecule has 2 N–H and O–H groups in total. The molecule has 1 atom stereocenters. The fraction of sp³-hybridized carbons (Fsp3) is 0.923. The van der Waals surface area contributed by atoms with E-state index in [1.165, 1.54) is 0 Å². The van der Waals surface area contributed by atoms with E-state index < -0.39 is 0 Å². The van der Waals surface area contributed by atoms with Crippen molar-refractivity contribution in [2.45, 2.75) is 46.2 Å². The molecule has 1 aliphatic carbocycles. The highest BCUT2D eigenvalue weighted by Crippen LogP contribution is 2.62. The number of halogens is 1. The molecular weight excluding hydrogens is 252 g/mol. The molecule has 0 bridgehead atoms. The zero-order valence-corrected chi connectivity index (χ0v) is 12.5. The van der Waals surface area contributed by atoms with Crippen LogP contribution in [0.2, 0.25) is 0 Å². The Morgan fingerprint density at radius 1 is 1.33 bits per heavy atom. The van der Waals surface area contributed by atoms with E-state index in [1.807, 2.05) is 0 Å². The van der Waals surface area contributed by atoms with Gasteiger partial charge in [0.25, 0.3) is 0 Å². The third kappa shape index (κ3) is 2.81. The molecule has 1 aliphatic heterocycles. The molecule has 0 aromatic rings. The summed E-state index contributed by atoms with van der Waals surface area (Å²) in [6.45, 7) is 11.1. The van der Waals surface area contributed by atoms with Crippen LogP contribution in [0, 0.1) is 10.8 Å². The maximum Gasteiger partial charge on any atom is 0.221 e. The van der Waals surface area contributed by atoms with Crippen LogP contribution < -0.4 is 10.6 Å². The molecule has 2 aliphatic rings. The summed E-state index contributed by atoms with van der Waals surface area (Å²) in [6.07, 6.45) is 0.517. The molecule has 1 amide bonds. The summed E-state index contributed by atoms with van der Waals surface area (Å²) in [6, 6.07) is 0.473. The van der Waals surface area contributed by atoms with Crippen molar-refractivity contribution in [1.82, 2.24) is 10.6 Å². The fourth-order valence-electron chi connectivity index (χ4n) is 2.75. The number of carbonyl (C=O) groups is 1. The van der Waals surface area contributed by atoms with Gasteiger partial charge in [-0.2, -0.15) is 0 Å². The molecule has 106 valence electrons. The highest BCUT2D eigenvalue weighted by atomic mass is 35.5. The standard InChI is InChI=1S/C13H24N2O2.ClH/c1-12(2)11(13(12,3)4)15-10(16)7-9-8-17-6-5-14-9;/h9,11,14H,5-8H2,1-4H3,(H,15,16);1H. The lowest BCUT2D eigenvalue weighted by Crippen LogP contribution is -2.45. The zero-order chi connectivity index (χ0) is 12.7. The van der Waals surface area contributed by atoms with Crippen LogP contribution in [-0.2, 0) is 9.53 Å². The summed E-state index contributed by atoms with van der Waals surface area (Å²) in [5.41, 5.74) is 0.415. The van der Waals surface area contributed by atoms with Crippen LogP contribution in [0.1, 0.15) is 34.1 Å². The lowest BCUT2D eigenvalue weighted by atomic mass is 10.0. The lowest BCUT2D eigenvalue weighted by molar-refractivity contribution is -0.122. The summed E-state index contributed by atoms with van der Waals surface area (Å²) in [7, 11) is 0. The first-order valence-corrected chi connectivity index (χ1v) is 6.46. The molecular formula is C13H25ClN2O2. The van der Waals surface area contributed by atoms with Crippen molar-refractivity contribution in [2.75, 3.05) is 19.8 Å². The second kappa shape index (κ2) is 5.35. The Morgan fingerprint density at radius 2 is 1.94 bits per heavy atom. The van der Waals surface area contributed by atoms with E-state index in [2.05, 4.69) is 38.3 Å². The first-order valence-electron chi connectivity index (χ1n) is 6.46. The molecule has 5 heteroatoms. The summed E-state index contributed by atoms with van der Waals surface area (Å²) >= 11 is 0. The van der Waals surface area contributed by atoms with Gasteiger partial charge in [0.1, 0.15) is 0 Å². The van der Waals surface area contributed by atoms with Crippen molar-refractivity contribution in [1.29, 1.82) is 0 Å². The Bertz CT molecular complexity index is 298. The second-order valence-electron chi connectivity index (χ2n) is 6.37. The van der Waals surface area contributed by atoms with Crippen molar-refractivity contribution in [3.63, 3.8) is 0 Å². The Morgan fingerprint density at radius 3 is 2.39 bits per heavy atom. The molecule has 0 aromatic heterocycles. The Kier molecular flexibility index (Phi) is 4.68. The fourth-order valence-corrected chi connectivity index (χ4v) is 2.75. The maximum atomic E-state index is 11.9. The summed E-state index contributed by atoms with van der Waals surface area (Å²) in [5, 5.41) is 6.45. The number of carbonyl (C=O) groups excluding carboxylic acids is 1. The van der Waals surface area contributed by atoms with Crippen LogP contribution in [-0.4, -0.2) is 37.7 Å². The maximum absolute atomic E-state index is 11.9. The lowest BCUT2D eigenvalue weighted by Gasteiger charge is -2.23. The first kappa shape index (κ1) is 15.7. The van der Waals surface area contributed by atoms with Crippen LogP contribution in [0.5, 0.6) is 0 Å². The zero-order valence-electron chi connectivity index (χ0n) is 11.7. The molecule has 1 unspecified atom stereocenters. The number of morpholine rings is 1. The van der Waals surface area contributed by atoms with E-state index in [4.69, 9.17) is 4.74 Å². The van der Waals surface area contributed by atoms with Crippen LogP contribution in [0.3, 0.4) is 0 Å². The Labute approximate surface area is 116 Å². The van der Waals surface area contributed by atoms with Gasteiger partial charge in [-0.25, -0.2) is 0 Å². The highest BCUT2D eigenvalue weighted by Gasteiger charge is 2.65. The van der Waals surface area contributed by atoms with Gasteiger partial charge in [0.2, 0.25) is 5.91 Å². The molecule has 0 spiro atoms. The third-order valence-electron chi connectivity index (χ3n) is 4.76. The van der Waals surface area contributed by atoms with Crippen molar-refractivity contribution in [2.24, 2.45) is 10.8 Å². The van der Waals surface area contributed by atoms with Gasteiger partial charge in [0.15, 0.2) is 0 Å². The Balaban J connectivity index is 0.00000162. The van der Waals surface area contributed by atoms with Gasteiger partial charge in [-0.15, -0.1) is 12.4 Å². The van der Waals surface area contributed by atoms with Crippen molar-refractivity contribution < 1.29 is 9.53 Å². The quantitative estimate of drug-likeness (QED) is 0.818. The number of nitrogens with one attached hydrogen (secondary N) is 2. The van der Waals surface area contributed by atoms with Crippen LogP contribution in [0.25, 0.3) is 0 Å². The van der Waals surface area contributed by atoms with Gasteiger partial charge in [-0.3, -0.25) is 4.79 Å². The van der Waals surface area contributed by atoms with Crippen molar-refractivity contribution in [3.8, 4) is 0 Å². The number of hydrogen-bond acceptors (Lipinski definition) is 3. The molecule has 1 saturated heterocycles. The van der Waals surface area contributed by atoms with E-state index in [0.717, 1.165) is 13.2 Å². The van der Waals surface area contributed by atoms with Crippen molar-refractivity contribution >= 4 is 18.3 Å². The van der Waals surface area contributed by atoms with Gasteiger partial charge in [-0.1, -0.05) is 27.7 Å². The summed E-state index contributed by atoms with van der Waals surface area (Å²) in [4.78, 5) is 11.9. The molecule has 2 rings (SSSR count). The van der Waals surface area contributed by atoms with E-state index in [-0.39, 0.29) is 35.2 Å². The molecule has 4 nitrogen and oxygen atoms in total. The molecule has 1 saturated carbocycles. The molecule has 18 heavy (non-hydrogen) atoms. The normalized spacial score (nSPS) is 29.2. The number of hydrogen-bond donors (Lipinski definition) is 2. The van der Waals surface area contributed by atoms with Crippen molar-refractivity contribution in [3.05, 3.63) is 0 Å². The van der Waals surface area contributed by atoms with Gasteiger partial charge in [0, 0.05) is 25.0 Å². The SMILES string of the molecule is CC1(C)C(NC(=O)CC2COCCN2)C1(C)C.Cl. The van der Waals surface area contributed by atoms with Gasteiger partial charge in [-0.05, 0) is 10.8 Å². The van der Waals surface area contributed by atoms with E-state index in [1.54, 1.807) is 0 Å². The Hall–Kier alpha value is -0.320. The minimum Gasteiger partial charge on any atom is -0.378 e. The first-order chi connectivity index (χ1) is 7.85. The molecule has 0 aromatic carbocycles. The third-order valence-corrected chi connectivity index (χ3v) is 4.76. The minimum atomic E-state index is 0. The van der Waals surface area contributed by atoms with Crippen LogP contribution in [0.15, 0.2) is 0 Å². The predicted octanol–water partition coefficient (Wildman–Crippen LogP) is 1.34. The minimum absolute atomic E-state index is 0. The largest absolute Gasteiger partial charge is 0.378 e. The van der Waals surface area contributed by atoms with E-state index in [0.29, 0.717) is 19.1 Å². The average Bonchev–Trinajstić information content (AvgIpc) is 2.62. The number of rotatable bonds is 3. The van der Waals surface area contributed by atoms with Gasteiger partial charge >= 0.3 is 0 Å². The molecule has 2 fully saturated rings. The number of amides is 1. The monoisotopic (exact) mass is 276 g/mol. The summed E-state index contributed by atoms with van der Waals surface area (Å²) in [5.74, 6) is 0.136. The van der Waals surface area contributed by atoms with Crippen LogP contribution >= 0.6 is 12.4 Å². The van der Waals surface area contributed by atoms with Crippen LogP contribution in [0.4, 0.5) is 0 Å². The van der Waals surface area contributed by atoms with Gasteiger partial charge in [0.05, 0.1) is 13.2 Å². The summed E-state index contributed by atoms with van der Waals surface area (Å²) < 4.78 is 5.34. The predicted molar refractivity (Wildman–Crippen MR) is 74.0 cm³/mol. The van der Waals surface area contributed by atoms with E-state index >= 15 is 0 Å². The molecule has 1 heterocycles. The smallest absolute Gasteiger partial charge is 0.221 e. The topological polar surface area (TPSA) is 50.4 Å². The van der Waals surface area contributed by atoms with E-state index in [9.17, 15) is 4.79 Å². The average molecular weight is 277 g/mol. The van der Waals surface area contributed by atoms with Gasteiger partial charge < -0.3 is 15.4 Å². The number of ether oxygens (including phenoxy) is 1.